The van der Waals surface area contributed by atoms with Crippen LogP contribution < -0.4 is 10.6 Å². The molecule has 3 amide bonds. The minimum atomic E-state index is -0.187. The monoisotopic (exact) mass is 347 g/mol. The van der Waals surface area contributed by atoms with E-state index in [4.69, 9.17) is 0 Å². The van der Waals surface area contributed by atoms with Crippen molar-refractivity contribution in [2.24, 2.45) is 13.0 Å². The minimum Gasteiger partial charge on any atom is -0.340 e. The van der Waals surface area contributed by atoms with Gasteiger partial charge in [0.1, 0.15) is 0 Å². The Labute approximate surface area is 149 Å². The minimum absolute atomic E-state index is 0.0358. The summed E-state index contributed by atoms with van der Waals surface area (Å²) < 4.78 is 1.72. The van der Waals surface area contributed by atoms with Crippen molar-refractivity contribution in [3.63, 3.8) is 0 Å². The molecule has 2 N–H and O–H groups in total. The number of rotatable bonds is 4. The zero-order valence-corrected chi connectivity index (χ0v) is 15.2. The smallest absolute Gasteiger partial charge is 0.315 e. The van der Waals surface area contributed by atoms with Crippen molar-refractivity contribution in [1.82, 2.24) is 25.3 Å². The molecule has 3 rings (SSSR count). The SMILES string of the molecule is C[C@@H](NC(=O)N[C@@H]1CCN(C(=O)C2CCCCC2)C1)c1cnn(C)c1. The summed E-state index contributed by atoms with van der Waals surface area (Å²) in [5.74, 6) is 0.486. The Morgan fingerprint density at radius 1 is 1.24 bits per heavy atom. The largest absolute Gasteiger partial charge is 0.340 e. The lowest BCUT2D eigenvalue weighted by Gasteiger charge is -2.26. The Morgan fingerprint density at radius 3 is 2.68 bits per heavy atom. The first-order valence-corrected chi connectivity index (χ1v) is 9.37. The Hall–Kier alpha value is -2.05. The van der Waals surface area contributed by atoms with Crippen molar-refractivity contribution in [2.45, 2.75) is 57.5 Å². The van der Waals surface area contributed by atoms with Gasteiger partial charge in [-0.25, -0.2) is 4.79 Å². The third-order valence-corrected chi connectivity index (χ3v) is 5.36. The van der Waals surface area contributed by atoms with Crippen molar-refractivity contribution in [3.05, 3.63) is 18.0 Å². The van der Waals surface area contributed by atoms with Crippen LogP contribution >= 0.6 is 0 Å². The molecule has 25 heavy (non-hydrogen) atoms. The molecule has 1 aromatic heterocycles. The molecule has 0 unspecified atom stereocenters. The molecule has 2 atom stereocenters. The second kappa shape index (κ2) is 7.89. The Bertz CT molecular complexity index is 608. The van der Waals surface area contributed by atoms with Crippen molar-refractivity contribution < 1.29 is 9.59 Å². The summed E-state index contributed by atoms with van der Waals surface area (Å²) in [7, 11) is 1.85. The van der Waals surface area contributed by atoms with Crippen molar-refractivity contribution in [2.75, 3.05) is 13.1 Å². The lowest BCUT2D eigenvalue weighted by atomic mass is 9.88. The third-order valence-electron chi connectivity index (χ3n) is 5.36. The van der Waals surface area contributed by atoms with Crippen LogP contribution in [0.5, 0.6) is 0 Å². The highest BCUT2D eigenvalue weighted by molar-refractivity contribution is 5.79. The van der Waals surface area contributed by atoms with Gasteiger partial charge in [0.2, 0.25) is 5.91 Å². The maximum Gasteiger partial charge on any atom is 0.315 e. The van der Waals surface area contributed by atoms with E-state index in [0.717, 1.165) is 31.4 Å². The molecule has 1 saturated carbocycles. The zero-order valence-electron chi connectivity index (χ0n) is 15.2. The second-order valence-corrected chi connectivity index (χ2v) is 7.39. The molecule has 0 radical (unpaired) electrons. The van der Waals surface area contributed by atoms with Gasteiger partial charge in [0, 0.05) is 43.9 Å². The number of carbonyl (C=O) groups is 2. The predicted octanol–water partition coefficient (Wildman–Crippen LogP) is 1.96. The van der Waals surface area contributed by atoms with Crippen LogP contribution in [0.25, 0.3) is 0 Å². The lowest BCUT2D eigenvalue weighted by Crippen LogP contribution is -2.45. The fourth-order valence-electron chi connectivity index (χ4n) is 3.86. The van der Waals surface area contributed by atoms with Gasteiger partial charge in [0.25, 0.3) is 0 Å². The number of likely N-dealkylation sites (tertiary alicyclic amines) is 1. The number of aromatic nitrogens is 2. The number of nitrogens with zero attached hydrogens (tertiary/aromatic N) is 3. The molecular formula is C18H29N5O2. The molecule has 2 aliphatic rings. The molecule has 0 aromatic carbocycles. The van der Waals surface area contributed by atoms with E-state index < -0.39 is 0 Å². The van der Waals surface area contributed by atoms with Crippen LogP contribution in [0.2, 0.25) is 0 Å². The average molecular weight is 347 g/mol. The van der Waals surface area contributed by atoms with E-state index in [1.807, 2.05) is 25.1 Å². The topological polar surface area (TPSA) is 79.3 Å². The van der Waals surface area contributed by atoms with Crippen LogP contribution in [0, 0.1) is 5.92 Å². The van der Waals surface area contributed by atoms with Gasteiger partial charge in [-0.05, 0) is 26.2 Å². The Balaban J connectivity index is 1.44. The number of urea groups is 1. The quantitative estimate of drug-likeness (QED) is 0.874. The molecule has 2 fully saturated rings. The molecule has 0 spiro atoms. The number of carbonyl (C=O) groups excluding carboxylic acids is 2. The maximum absolute atomic E-state index is 12.6. The van der Waals surface area contributed by atoms with Gasteiger partial charge in [-0.2, -0.15) is 5.10 Å². The molecule has 0 bridgehead atoms. The van der Waals surface area contributed by atoms with Crippen LogP contribution in [0.15, 0.2) is 12.4 Å². The highest BCUT2D eigenvalue weighted by atomic mass is 16.2. The standard InChI is InChI=1S/C18H29N5O2/c1-13(15-10-19-22(2)11-15)20-18(25)21-16-8-9-23(12-16)17(24)14-6-4-3-5-7-14/h10-11,13-14,16H,3-9,12H2,1-2H3,(H2,20,21,25)/t13-,16-/m1/s1. The van der Waals surface area contributed by atoms with Crippen molar-refractivity contribution in [3.8, 4) is 0 Å². The first-order chi connectivity index (χ1) is 12.0. The number of aryl methyl sites for hydroxylation is 1. The summed E-state index contributed by atoms with van der Waals surface area (Å²) in [6.45, 7) is 3.31. The molecule has 1 aliphatic heterocycles. The highest BCUT2D eigenvalue weighted by Gasteiger charge is 2.32. The molecule has 138 valence electrons. The number of nitrogens with one attached hydrogen (secondary N) is 2. The number of hydrogen-bond acceptors (Lipinski definition) is 3. The summed E-state index contributed by atoms with van der Waals surface area (Å²) in [6, 6.07) is -0.253. The van der Waals surface area contributed by atoms with E-state index in [1.165, 1.54) is 19.3 Å². The maximum atomic E-state index is 12.6. The third kappa shape index (κ3) is 4.52. The molecule has 1 aromatic rings. The van der Waals surface area contributed by atoms with Gasteiger partial charge in [-0.3, -0.25) is 9.48 Å². The molecular weight excluding hydrogens is 318 g/mol. The number of hydrogen-bond donors (Lipinski definition) is 2. The first-order valence-electron chi connectivity index (χ1n) is 9.37. The van der Waals surface area contributed by atoms with Crippen LogP contribution in [0.4, 0.5) is 4.79 Å². The highest BCUT2D eigenvalue weighted by Crippen LogP contribution is 2.26. The molecule has 7 nitrogen and oxygen atoms in total. The van der Waals surface area contributed by atoms with Crippen LogP contribution in [0.1, 0.15) is 57.1 Å². The molecule has 1 saturated heterocycles. The number of amides is 3. The van der Waals surface area contributed by atoms with E-state index in [1.54, 1.807) is 10.9 Å². The summed E-state index contributed by atoms with van der Waals surface area (Å²) in [6.07, 6.45) is 10.1. The Kier molecular flexibility index (Phi) is 5.60. The normalized spacial score (nSPS) is 22.6. The van der Waals surface area contributed by atoms with E-state index in [0.29, 0.717) is 6.54 Å². The summed E-state index contributed by atoms with van der Waals surface area (Å²) >= 11 is 0. The first kappa shape index (κ1) is 17.8. The predicted molar refractivity (Wildman–Crippen MR) is 94.9 cm³/mol. The van der Waals surface area contributed by atoms with Gasteiger partial charge in [-0.15, -0.1) is 0 Å². The fraction of sp³-hybridized carbons (Fsp3) is 0.722. The molecule has 1 aliphatic carbocycles. The van der Waals surface area contributed by atoms with Crippen molar-refractivity contribution >= 4 is 11.9 Å². The van der Waals surface area contributed by atoms with E-state index in [9.17, 15) is 9.59 Å². The van der Waals surface area contributed by atoms with Crippen LogP contribution in [-0.2, 0) is 11.8 Å². The summed E-state index contributed by atoms with van der Waals surface area (Å²) in [5.41, 5.74) is 0.971. The van der Waals surface area contributed by atoms with Gasteiger partial charge in [0.15, 0.2) is 0 Å². The van der Waals surface area contributed by atoms with Crippen LogP contribution in [0.3, 0.4) is 0 Å². The van der Waals surface area contributed by atoms with Gasteiger partial charge < -0.3 is 15.5 Å². The average Bonchev–Trinajstić information content (AvgIpc) is 3.24. The van der Waals surface area contributed by atoms with Gasteiger partial charge >= 0.3 is 6.03 Å². The fourth-order valence-corrected chi connectivity index (χ4v) is 3.86. The molecule has 7 heteroatoms. The van der Waals surface area contributed by atoms with Crippen molar-refractivity contribution in [1.29, 1.82) is 0 Å². The van der Waals surface area contributed by atoms with Crippen LogP contribution in [-0.4, -0.2) is 45.8 Å². The summed E-state index contributed by atoms with van der Waals surface area (Å²) in [5, 5.41) is 10.1. The van der Waals surface area contributed by atoms with E-state index in [2.05, 4.69) is 15.7 Å². The van der Waals surface area contributed by atoms with E-state index >= 15 is 0 Å². The Morgan fingerprint density at radius 2 is 2.00 bits per heavy atom. The van der Waals surface area contributed by atoms with Gasteiger partial charge in [-0.1, -0.05) is 19.3 Å². The zero-order chi connectivity index (χ0) is 17.8. The lowest BCUT2D eigenvalue weighted by molar-refractivity contribution is -0.135. The molecule has 2 heterocycles. The van der Waals surface area contributed by atoms with E-state index in [-0.39, 0.29) is 29.9 Å². The van der Waals surface area contributed by atoms with Gasteiger partial charge in [0.05, 0.1) is 12.2 Å². The second-order valence-electron chi connectivity index (χ2n) is 7.39. The summed E-state index contributed by atoms with van der Waals surface area (Å²) in [4.78, 5) is 26.7.